The van der Waals surface area contributed by atoms with Crippen molar-refractivity contribution in [1.82, 2.24) is 0 Å². The van der Waals surface area contributed by atoms with Gasteiger partial charge in [-0.25, -0.2) is 4.39 Å². The Hall–Kier alpha value is -1.27. The molecule has 2 unspecified atom stereocenters. The van der Waals surface area contributed by atoms with E-state index in [2.05, 4.69) is 4.74 Å². The highest BCUT2D eigenvalue weighted by atomic mass is 19.3. The lowest BCUT2D eigenvalue weighted by atomic mass is 9.82. The highest BCUT2D eigenvalue weighted by Gasteiger charge is 2.47. The first-order chi connectivity index (χ1) is 9.48. The van der Waals surface area contributed by atoms with Crippen LogP contribution in [0.15, 0.2) is 18.2 Å². The summed E-state index contributed by atoms with van der Waals surface area (Å²) in [7, 11) is 0. The van der Waals surface area contributed by atoms with Crippen molar-refractivity contribution in [1.29, 1.82) is 0 Å². The highest BCUT2D eigenvalue weighted by molar-refractivity contribution is 5.40. The summed E-state index contributed by atoms with van der Waals surface area (Å²) in [5, 5.41) is 10.8. The molecule has 3 nitrogen and oxygen atoms in total. The van der Waals surface area contributed by atoms with Crippen LogP contribution in [0, 0.1) is 5.82 Å². The third-order valence-corrected chi connectivity index (χ3v) is 3.98. The first-order valence-electron chi connectivity index (χ1n) is 6.59. The Balaban J connectivity index is 2.00. The normalized spacial score (nSPS) is 32.6. The predicted molar refractivity (Wildman–Crippen MR) is 64.1 cm³/mol. The molecule has 2 saturated heterocycles. The van der Waals surface area contributed by atoms with Gasteiger partial charge in [0.1, 0.15) is 17.2 Å². The Kier molecular flexibility index (Phi) is 3.38. The molecule has 2 fully saturated rings. The average molecular weight is 288 g/mol. The van der Waals surface area contributed by atoms with Gasteiger partial charge in [-0.15, -0.1) is 0 Å². The van der Waals surface area contributed by atoms with Gasteiger partial charge in [0.05, 0.1) is 17.8 Å². The van der Waals surface area contributed by atoms with Gasteiger partial charge in [0.2, 0.25) is 0 Å². The standard InChI is InChI=1S/C14H15F3O3/c15-10-2-1-3-11(20-13(16)17)12(10)14(18)6-8-4-5-9(7-14)19-8/h1-3,8-9,13,18H,4-7H2. The van der Waals surface area contributed by atoms with E-state index in [-0.39, 0.29) is 36.4 Å². The third-order valence-electron chi connectivity index (χ3n) is 3.98. The van der Waals surface area contributed by atoms with E-state index < -0.39 is 18.0 Å². The van der Waals surface area contributed by atoms with Crippen LogP contribution in [0.4, 0.5) is 13.2 Å². The molecule has 2 atom stereocenters. The zero-order chi connectivity index (χ0) is 14.3. The predicted octanol–water partition coefficient (Wildman–Crippen LogP) is 2.96. The van der Waals surface area contributed by atoms with Crippen molar-refractivity contribution < 1.29 is 27.8 Å². The average Bonchev–Trinajstić information content (AvgIpc) is 2.68. The zero-order valence-electron chi connectivity index (χ0n) is 10.7. The Morgan fingerprint density at radius 1 is 1.25 bits per heavy atom. The fraction of sp³-hybridized carbons (Fsp3) is 0.571. The van der Waals surface area contributed by atoms with Crippen LogP contribution in [0.5, 0.6) is 5.75 Å². The Labute approximate surface area is 114 Å². The first-order valence-corrected chi connectivity index (χ1v) is 6.59. The third kappa shape index (κ3) is 2.38. The summed E-state index contributed by atoms with van der Waals surface area (Å²) in [5.74, 6) is -1.03. The van der Waals surface area contributed by atoms with Crippen LogP contribution in [0.25, 0.3) is 0 Å². The van der Waals surface area contributed by atoms with Crippen molar-refractivity contribution in [3.63, 3.8) is 0 Å². The summed E-state index contributed by atoms with van der Waals surface area (Å²) in [6, 6.07) is 3.68. The summed E-state index contributed by atoms with van der Waals surface area (Å²) in [5.41, 5.74) is -1.69. The van der Waals surface area contributed by atoms with Gasteiger partial charge in [0.15, 0.2) is 0 Å². The second kappa shape index (κ2) is 4.93. The topological polar surface area (TPSA) is 38.7 Å². The summed E-state index contributed by atoms with van der Waals surface area (Å²) >= 11 is 0. The molecule has 110 valence electrons. The molecule has 2 aliphatic heterocycles. The monoisotopic (exact) mass is 288 g/mol. The number of aliphatic hydroxyl groups is 1. The molecule has 0 saturated carbocycles. The van der Waals surface area contributed by atoms with Crippen molar-refractivity contribution in [2.24, 2.45) is 0 Å². The molecule has 2 bridgehead atoms. The number of fused-ring (bicyclic) bond motifs is 2. The van der Waals surface area contributed by atoms with Crippen molar-refractivity contribution in [3.8, 4) is 5.75 Å². The second-order valence-electron chi connectivity index (χ2n) is 5.39. The number of hydrogen-bond donors (Lipinski definition) is 1. The van der Waals surface area contributed by atoms with Crippen LogP contribution >= 0.6 is 0 Å². The minimum absolute atomic E-state index is 0.155. The van der Waals surface area contributed by atoms with Crippen molar-refractivity contribution in [2.45, 2.75) is 50.1 Å². The number of rotatable bonds is 3. The largest absolute Gasteiger partial charge is 0.434 e. The minimum Gasteiger partial charge on any atom is -0.434 e. The molecule has 0 aliphatic carbocycles. The lowest BCUT2D eigenvalue weighted by Gasteiger charge is -2.37. The fourth-order valence-corrected chi connectivity index (χ4v) is 3.27. The van der Waals surface area contributed by atoms with Crippen LogP contribution < -0.4 is 4.74 Å². The molecule has 1 N–H and O–H groups in total. The smallest absolute Gasteiger partial charge is 0.387 e. The quantitative estimate of drug-likeness (QED) is 0.929. The maximum Gasteiger partial charge on any atom is 0.387 e. The van der Waals surface area contributed by atoms with Crippen LogP contribution in [-0.4, -0.2) is 23.9 Å². The molecule has 2 heterocycles. The van der Waals surface area contributed by atoms with E-state index in [9.17, 15) is 18.3 Å². The van der Waals surface area contributed by atoms with Crippen molar-refractivity contribution in [3.05, 3.63) is 29.6 Å². The van der Waals surface area contributed by atoms with Gasteiger partial charge in [-0.3, -0.25) is 0 Å². The summed E-state index contributed by atoms with van der Waals surface area (Å²) < 4.78 is 48.9. The van der Waals surface area contributed by atoms with Crippen molar-refractivity contribution in [2.75, 3.05) is 0 Å². The second-order valence-corrected chi connectivity index (χ2v) is 5.39. The van der Waals surface area contributed by atoms with Gasteiger partial charge in [-0.05, 0) is 25.0 Å². The Morgan fingerprint density at radius 3 is 2.50 bits per heavy atom. The Morgan fingerprint density at radius 2 is 1.90 bits per heavy atom. The lowest BCUT2D eigenvalue weighted by Crippen LogP contribution is -2.39. The minimum atomic E-state index is -3.06. The molecule has 0 radical (unpaired) electrons. The number of benzene rings is 1. The van der Waals surface area contributed by atoms with Gasteiger partial charge < -0.3 is 14.6 Å². The molecular weight excluding hydrogens is 273 g/mol. The van der Waals surface area contributed by atoms with Gasteiger partial charge in [0, 0.05) is 12.8 Å². The number of alkyl halides is 2. The highest BCUT2D eigenvalue weighted by Crippen LogP contribution is 2.47. The van der Waals surface area contributed by atoms with Gasteiger partial charge >= 0.3 is 6.61 Å². The van der Waals surface area contributed by atoms with Crippen LogP contribution in [0.2, 0.25) is 0 Å². The molecular formula is C14H15F3O3. The van der Waals surface area contributed by atoms with Gasteiger partial charge in [0.25, 0.3) is 0 Å². The van der Waals surface area contributed by atoms with E-state index in [0.717, 1.165) is 18.9 Å². The van der Waals surface area contributed by atoms with Crippen molar-refractivity contribution >= 4 is 0 Å². The molecule has 2 aliphatic rings. The summed E-state index contributed by atoms with van der Waals surface area (Å²) in [6.07, 6.45) is 1.68. The van der Waals surface area contributed by atoms with Crippen LogP contribution in [-0.2, 0) is 10.3 Å². The summed E-state index contributed by atoms with van der Waals surface area (Å²) in [4.78, 5) is 0. The summed E-state index contributed by atoms with van der Waals surface area (Å²) in [6.45, 7) is -3.06. The van der Waals surface area contributed by atoms with Gasteiger partial charge in [-0.2, -0.15) is 8.78 Å². The van der Waals surface area contributed by atoms with E-state index in [1.807, 2.05) is 0 Å². The van der Waals surface area contributed by atoms with Gasteiger partial charge in [-0.1, -0.05) is 6.07 Å². The SMILES string of the molecule is OC1(c2c(F)cccc2OC(F)F)CC2CCC(C1)O2. The van der Waals surface area contributed by atoms with Crippen LogP contribution in [0.3, 0.4) is 0 Å². The van der Waals surface area contributed by atoms with Crippen LogP contribution in [0.1, 0.15) is 31.2 Å². The van der Waals surface area contributed by atoms with E-state index in [4.69, 9.17) is 4.74 Å². The fourth-order valence-electron chi connectivity index (χ4n) is 3.27. The van der Waals surface area contributed by atoms with E-state index in [1.165, 1.54) is 12.1 Å². The zero-order valence-corrected chi connectivity index (χ0v) is 10.7. The Bertz CT molecular complexity index is 494. The molecule has 1 aromatic rings. The molecule has 1 aromatic carbocycles. The first kappa shape index (κ1) is 13.7. The molecule has 0 spiro atoms. The van der Waals surface area contributed by atoms with E-state index >= 15 is 0 Å². The molecule has 20 heavy (non-hydrogen) atoms. The molecule has 3 rings (SSSR count). The molecule has 6 heteroatoms. The number of halogens is 3. The lowest BCUT2D eigenvalue weighted by molar-refractivity contribution is -0.120. The maximum atomic E-state index is 14.1. The maximum absolute atomic E-state index is 14.1. The van der Waals surface area contributed by atoms with E-state index in [0.29, 0.717) is 0 Å². The molecule has 0 aromatic heterocycles. The molecule has 0 amide bonds. The number of hydrogen-bond acceptors (Lipinski definition) is 3. The van der Waals surface area contributed by atoms with E-state index in [1.54, 1.807) is 0 Å². The number of ether oxygens (including phenoxy) is 2.